The highest BCUT2D eigenvalue weighted by atomic mass is 19.1. The SMILES string of the molecule is CN1C[C@H](F)Cn2nc3c(c2C1=O)CNCC3. The molecule has 0 spiro atoms. The van der Waals surface area contributed by atoms with Gasteiger partial charge in [0.15, 0.2) is 0 Å². The third kappa shape index (κ3) is 1.63. The van der Waals surface area contributed by atoms with Crippen LogP contribution < -0.4 is 5.32 Å². The zero-order valence-electron chi connectivity index (χ0n) is 9.74. The van der Waals surface area contributed by atoms with Gasteiger partial charge in [0, 0.05) is 32.1 Å². The summed E-state index contributed by atoms with van der Waals surface area (Å²) < 4.78 is 15.2. The lowest BCUT2D eigenvalue weighted by Gasteiger charge is -2.17. The van der Waals surface area contributed by atoms with Crippen LogP contribution in [0, 0.1) is 0 Å². The van der Waals surface area contributed by atoms with E-state index in [1.165, 1.54) is 4.90 Å². The number of amides is 1. The minimum atomic E-state index is -1.04. The van der Waals surface area contributed by atoms with Crippen molar-refractivity contribution in [2.45, 2.75) is 25.7 Å². The van der Waals surface area contributed by atoms with Crippen LogP contribution in [0.4, 0.5) is 4.39 Å². The van der Waals surface area contributed by atoms with Gasteiger partial charge in [-0.2, -0.15) is 5.10 Å². The Morgan fingerprint density at radius 2 is 2.29 bits per heavy atom. The molecule has 0 unspecified atom stereocenters. The summed E-state index contributed by atoms with van der Waals surface area (Å²) >= 11 is 0. The number of nitrogens with one attached hydrogen (secondary N) is 1. The van der Waals surface area contributed by atoms with Gasteiger partial charge in [-0.15, -0.1) is 0 Å². The molecule has 0 radical (unpaired) electrons. The average molecular weight is 238 g/mol. The number of halogens is 1. The Balaban J connectivity index is 2.12. The maximum Gasteiger partial charge on any atom is 0.272 e. The van der Waals surface area contributed by atoms with Crippen LogP contribution in [0.3, 0.4) is 0 Å². The summed E-state index contributed by atoms with van der Waals surface area (Å²) in [6.07, 6.45) is -0.233. The number of hydrogen-bond acceptors (Lipinski definition) is 3. The van der Waals surface area contributed by atoms with E-state index in [0.717, 1.165) is 24.2 Å². The largest absolute Gasteiger partial charge is 0.337 e. The molecule has 0 aliphatic carbocycles. The van der Waals surface area contributed by atoms with Gasteiger partial charge in [0.05, 0.1) is 18.8 Å². The van der Waals surface area contributed by atoms with Crippen LogP contribution in [-0.4, -0.2) is 46.9 Å². The molecule has 0 saturated carbocycles. The molecule has 1 N–H and O–H groups in total. The van der Waals surface area contributed by atoms with Crippen molar-refractivity contribution < 1.29 is 9.18 Å². The van der Waals surface area contributed by atoms with Gasteiger partial charge in [-0.25, -0.2) is 4.39 Å². The second-order valence-electron chi connectivity index (χ2n) is 4.67. The van der Waals surface area contributed by atoms with Gasteiger partial charge in [-0.05, 0) is 0 Å². The number of carbonyl (C=O) groups excluding carboxylic acids is 1. The number of carbonyl (C=O) groups is 1. The molecule has 3 rings (SSSR count). The van der Waals surface area contributed by atoms with Crippen LogP contribution >= 0.6 is 0 Å². The lowest BCUT2D eigenvalue weighted by Crippen LogP contribution is -2.32. The molecule has 0 fully saturated rings. The first-order valence-electron chi connectivity index (χ1n) is 5.85. The van der Waals surface area contributed by atoms with E-state index in [0.29, 0.717) is 12.2 Å². The van der Waals surface area contributed by atoms with Crippen LogP contribution in [0.1, 0.15) is 21.7 Å². The molecule has 17 heavy (non-hydrogen) atoms. The minimum Gasteiger partial charge on any atom is -0.337 e. The molecular weight excluding hydrogens is 223 g/mol. The molecule has 3 heterocycles. The van der Waals surface area contributed by atoms with Crippen molar-refractivity contribution in [1.29, 1.82) is 0 Å². The van der Waals surface area contributed by atoms with E-state index in [2.05, 4.69) is 10.4 Å². The van der Waals surface area contributed by atoms with E-state index in [1.807, 2.05) is 0 Å². The Morgan fingerprint density at radius 3 is 3.12 bits per heavy atom. The first-order valence-corrected chi connectivity index (χ1v) is 5.85. The Kier molecular flexibility index (Phi) is 2.39. The fourth-order valence-electron chi connectivity index (χ4n) is 2.53. The van der Waals surface area contributed by atoms with Crippen molar-refractivity contribution in [2.24, 2.45) is 0 Å². The number of nitrogens with zero attached hydrogens (tertiary/aromatic N) is 3. The van der Waals surface area contributed by atoms with Crippen LogP contribution in [0.2, 0.25) is 0 Å². The maximum atomic E-state index is 13.6. The molecule has 2 aliphatic heterocycles. The van der Waals surface area contributed by atoms with Gasteiger partial charge in [-0.1, -0.05) is 0 Å². The number of rotatable bonds is 0. The Hall–Kier alpha value is -1.43. The van der Waals surface area contributed by atoms with Crippen molar-refractivity contribution in [1.82, 2.24) is 20.0 Å². The lowest BCUT2D eigenvalue weighted by molar-refractivity contribution is 0.0768. The first-order chi connectivity index (χ1) is 8.16. The second-order valence-corrected chi connectivity index (χ2v) is 4.67. The highest BCUT2D eigenvalue weighted by Gasteiger charge is 2.31. The summed E-state index contributed by atoms with van der Waals surface area (Å²) in [7, 11) is 1.64. The zero-order valence-corrected chi connectivity index (χ0v) is 9.74. The molecule has 1 atom stereocenters. The zero-order chi connectivity index (χ0) is 12.0. The number of fused-ring (bicyclic) bond motifs is 3. The Labute approximate surface area is 98.6 Å². The molecule has 0 saturated heterocycles. The fourth-order valence-corrected chi connectivity index (χ4v) is 2.53. The summed E-state index contributed by atoms with van der Waals surface area (Å²) in [6, 6.07) is 0. The summed E-state index contributed by atoms with van der Waals surface area (Å²) in [5.41, 5.74) is 2.45. The van der Waals surface area contributed by atoms with E-state index < -0.39 is 6.17 Å². The van der Waals surface area contributed by atoms with E-state index in [4.69, 9.17) is 0 Å². The van der Waals surface area contributed by atoms with Gasteiger partial charge < -0.3 is 10.2 Å². The monoisotopic (exact) mass is 238 g/mol. The van der Waals surface area contributed by atoms with Gasteiger partial charge in [0.25, 0.3) is 5.91 Å². The highest BCUT2D eigenvalue weighted by Crippen LogP contribution is 2.22. The van der Waals surface area contributed by atoms with E-state index in [1.54, 1.807) is 11.7 Å². The van der Waals surface area contributed by atoms with Gasteiger partial charge >= 0.3 is 0 Å². The molecule has 2 aliphatic rings. The first kappa shape index (κ1) is 10.7. The maximum absolute atomic E-state index is 13.6. The lowest BCUT2D eigenvalue weighted by atomic mass is 10.1. The fraction of sp³-hybridized carbons (Fsp3) is 0.636. The Morgan fingerprint density at radius 1 is 1.47 bits per heavy atom. The van der Waals surface area contributed by atoms with E-state index >= 15 is 0 Å². The molecule has 92 valence electrons. The molecule has 1 aromatic rings. The Bertz CT molecular complexity index is 470. The minimum absolute atomic E-state index is 0.123. The van der Waals surface area contributed by atoms with Crippen molar-refractivity contribution in [2.75, 3.05) is 20.1 Å². The number of hydrogen-bond donors (Lipinski definition) is 1. The highest BCUT2D eigenvalue weighted by molar-refractivity contribution is 5.94. The smallest absolute Gasteiger partial charge is 0.272 e. The van der Waals surface area contributed by atoms with Crippen molar-refractivity contribution in [3.05, 3.63) is 17.0 Å². The third-order valence-electron chi connectivity index (χ3n) is 3.37. The number of alkyl halides is 1. The van der Waals surface area contributed by atoms with Gasteiger partial charge in [-0.3, -0.25) is 9.48 Å². The average Bonchev–Trinajstić information content (AvgIpc) is 2.60. The van der Waals surface area contributed by atoms with E-state index in [-0.39, 0.29) is 19.0 Å². The van der Waals surface area contributed by atoms with Crippen molar-refractivity contribution in [3.63, 3.8) is 0 Å². The van der Waals surface area contributed by atoms with Crippen molar-refractivity contribution in [3.8, 4) is 0 Å². The summed E-state index contributed by atoms with van der Waals surface area (Å²) in [5.74, 6) is -0.123. The standard InChI is InChI=1S/C11H15FN4O/c1-15-5-7(12)6-16-10(11(15)17)8-4-13-3-2-9(8)14-16/h7,13H,2-6H2,1H3/t7-/m0/s1. The van der Waals surface area contributed by atoms with Crippen LogP contribution in [0.5, 0.6) is 0 Å². The normalized spacial score (nSPS) is 24.2. The second kappa shape index (κ2) is 3.80. The molecule has 5 nitrogen and oxygen atoms in total. The molecule has 1 aromatic heterocycles. The molecule has 6 heteroatoms. The van der Waals surface area contributed by atoms with Gasteiger partial charge in [0.2, 0.25) is 0 Å². The number of aromatic nitrogens is 2. The van der Waals surface area contributed by atoms with E-state index in [9.17, 15) is 9.18 Å². The summed E-state index contributed by atoms with van der Waals surface area (Å²) in [6.45, 7) is 1.84. The van der Waals surface area contributed by atoms with Crippen LogP contribution in [0.25, 0.3) is 0 Å². The molecular formula is C11H15FN4O. The summed E-state index contributed by atoms with van der Waals surface area (Å²) in [5, 5.41) is 7.60. The molecule has 0 aromatic carbocycles. The third-order valence-corrected chi connectivity index (χ3v) is 3.37. The van der Waals surface area contributed by atoms with Crippen LogP contribution in [0.15, 0.2) is 0 Å². The summed E-state index contributed by atoms with van der Waals surface area (Å²) in [4.78, 5) is 13.6. The topological polar surface area (TPSA) is 50.2 Å². The predicted octanol–water partition coefficient (Wildman–Crippen LogP) is -0.0475. The molecule has 0 bridgehead atoms. The predicted molar refractivity (Wildman–Crippen MR) is 59.5 cm³/mol. The van der Waals surface area contributed by atoms with Gasteiger partial charge in [0.1, 0.15) is 11.9 Å². The van der Waals surface area contributed by atoms with Crippen LogP contribution in [-0.2, 0) is 19.5 Å². The quantitative estimate of drug-likeness (QED) is 0.689. The molecule has 1 amide bonds. The van der Waals surface area contributed by atoms with Crippen molar-refractivity contribution >= 4 is 5.91 Å².